The molecular weight excluding hydrogens is 194 g/mol. The van der Waals surface area contributed by atoms with Crippen LogP contribution >= 0.6 is 11.8 Å². The second-order valence-corrected chi connectivity index (χ2v) is 5.07. The second kappa shape index (κ2) is 3.83. The van der Waals surface area contributed by atoms with Crippen molar-refractivity contribution in [1.29, 1.82) is 0 Å². The van der Waals surface area contributed by atoms with Gasteiger partial charge in [0.05, 0.1) is 0 Å². The van der Waals surface area contributed by atoms with Crippen molar-refractivity contribution in [2.45, 2.75) is 29.7 Å². The zero-order chi connectivity index (χ0) is 10.0. The Morgan fingerprint density at radius 3 is 2.71 bits per heavy atom. The molecule has 0 aromatic heterocycles. The topological polar surface area (TPSA) is 46.2 Å². The molecule has 1 aliphatic rings. The van der Waals surface area contributed by atoms with E-state index in [1.165, 1.54) is 0 Å². The first-order chi connectivity index (χ1) is 6.70. The molecule has 0 amide bonds. The minimum atomic E-state index is 0.122. The maximum atomic E-state index is 9.50. The molecule has 1 aliphatic carbocycles. The van der Waals surface area contributed by atoms with Gasteiger partial charge in [-0.25, -0.2) is 0 Å². The number of phenols is 1. The van der Waals surface area contributed by atoms with E-state index in [0.717, 1.165) is 29.9 Å². The van der Waals surface area contributed by atoms with Crippen molar-refractivity contribution in [2.24, 2.45) is 5.73 Å². The summed E-state index contributed by atoms with van der Waals surface area (Å²) in [5.41, 5.74) is 6.10. The number of hydrogen-bond donors (Lipinski definition) is 2. The molecule has 2 nitrogen and oxygen atoms in total. The quantitative estimate of drug-likeness (QED) is 0.748. The average molecular weight is 209 g/mol. The highest BCUT2D eigenvalue weighted by Gasteiger charge is 2.37. The van der Waals surface area contributed by atoms with Gasteiger partial charge in [0.15, 0.2) is 0 Å². The predicted molar refractivity (Wildman–Crippen MR) is 59.6 cm³/mol. The third-order valence-corrected chi connectivity index (χ3v) is 3.68. The van der Waals surface area contributed by atoms with Gasteiger partial charge < -0.3 is 10.8 Å². The van der Waals surface area contributed by atoms with Gasteiger partial charge in [-0.1, -0.05) is 12.1 Å². The fourth-order valence-electron chi connectivity index (χ4n) is 1.35. The van der Waals surface area contributed by atoms with E-state index < -0.39 is 0 Å². The van der Waals surface area contributed by atoms with Crippen LogP contribution in [-0.2, 0) is 0 Å². The summed E-state index contributed by atoms with van der Waals surface area (Å²) < 4.78 is 0. The van der Waals surface area contributed by atoms with Gasteiger partial charge in [-0.15, -0.1) is 11.8 Å². The minimum Gasteiger partial charge on any atom is -0.507 e. The van der Waals surface area contributed by atoms with Gasteiger partial charge in [0, 0.05) is 10.4 Å². The summed E-state index contributed by atoms with van der Waals surface area (Å²) in [5.74, 6) is 1.37. The van der Waals surface area contributed by atoms with Crippen molar-refractivity contribution in [3.05, 3.63) is 24.3 Å². The van der Waals surface area contributed by atoms with Gasteiger partial charge in [-0.05, 0) is 37.1 Å². The van der Waals surface area contributed by atoms with Gasteiger partial charge in [0.25, 0.3) is 0 Å². The fourth-order valence-corrected chi connectivity index (χ4v) is 2.47. The summed E-state index contributed by atoms with van der Waals surface area (Å²) in [5, 5.41) is 9.50. The van der Waals surface area contributed by atoms with Crippen LogP contribution < -0.4 is 5.73 Å². The molecule has 0 saturated heterocycles. The monoisotopic (exact) mass is 209 g/mol. The Bertz CT molecular complexity index is 323. The molecule has 0 radical (unpaired) electrons. The van der Waals surface area contributed by atoms with Crippen molar-refractivity contribution in [1.82, 2.24) is 0 Å². The SMILES string of the molecule is NC1(CCSc2ccccc2O)CC1. The summed E-state index contributed by atoms with van der Waals surface area (Å²) >= 11 is 1.68. The molecule has 0 bridgehead atoms. The number of rotatable bonds is 4. The molecule has 1 fully saturated rings. The van der Waals surface area contributed by atoms with Crippen molar-refractivity contribution >= 4 is 11.8 Å². The standard InChI is InChI=1S/C11H15NOS/c12-11(5-6-11)7-8-14-10-4-2-1-3-9(10)13/h1-4,13H,5-8,12H2. The number of nitrogens with two attached hydrogens (primary N) is 1. The van der Waals surface area contributed by atoms with Crippen LogP contribution in [0.5, 0.6) is 5.75 Å². The lowest BCUT2D eigenvalue weighted by atomic mass is 10.2. The zero-order valence-corrected chi connectivity index (χ0v) is 8.89. The highest BCUT2D eigenvalue weighted by molar-refractivity contribution is 7.99. The average Bonchev–Trinajstić information content (AvgIpc) is 2.88. The molecule has 3 heteroatoms. The molecule has 1 aromatic rings. The van der Waals surface area contributed by atoms with E-state index >= 15 is 0 Å². The maximum Gasteiger partial charge on any atom is 0.129 e. The van der Waals surface area contributed by atoms with Crippen LogP contribution in [-0.4, -0.2) is 16.4 Å². The molecule has 3 N–H and O–H groups in total. The molecule has 0 heterocycles. The number of phenolic OH excluding ortho intramolecular Hbond substituents is 1. The van der Waals surface area contributed by atoms with Crippen LogP contribution in [0.3, 0.4) is 0 Å². The lowest BCUT2D eigenvalue weighted by Crippen LogP contribution is -2.21. The Kier molecular flexibility index (Phi) is 2.70. The molecule has 76 valence electrons. The van der Waals surface area contributed by atoms with E-state index in [0.29, 0.717) is 5.75 Å². The van der Waals surface area contributed by atoms with Crippen molar-refractivity contribution in [3.63, 3.8) is 0 Å². The second-order valence-electron chi connectivity index (χ2n) is 3.93. The first-order valence-electron chi connectivity index (χ1n) is 4.89. The van der Waals surface area contributed by atoms with E-state index in [4.69, 9.17) is 5.73 Å². The molecule has 0 atom stereocenters. The van der Waals surface area contributed by atoms with Crippen LogP contribution in [0.4, 0.5) is 0 Å². The normalized spacial score (nSPS) is 18.1. The van der Waals surface area contributed by atoms with Crippen LogP contribution in [0.2, 0.25) is 0 Å². The third kappa shape index (κ3) is 2.42. The van der Waals surface area contributed by atoms with Crippen molar-refractivity contribution in [2.75, 3.05) is 5.75 Å². The van der Waals surface area contributed by atoms with Crippen LogP contribution in [0, 0.1) is 0 Å². The van der Waals surface area contributed by atoms with E-state index in [1.807, 2.05) is 18.2 Å². The van der Waals surface area contributed by atoms with E-state index in [9.17, 15) is 5.11 Å². The first-order valence-corrected chi connectivity index (χ1v) is 5.88. The van der Waals surface area contributed by atoms with Gasteiger partial charge >= 0.3 is 0 Å². The Labute approximate surface area is 88.5 Å². The van der Waals surface area contributed by atoms with Gasteiger partial charge in [0.2, 0.25) is 0 Å². The summed E-state index contributed by atoms with van der Waals surface area (Å²) in [6.45, 7) is 0. The van der Waals surface area contributed by atoms with Crippen LogP contribution in [0.15, 0.2) is 29.2 Å². The minimum absolute atomic E-state index is 0.122. The number of thioether (sulfide) groups is 1. The lowest BCUT2D eigenvalue weighted by Gasteiger charge is -2.08. The van der Waals surface area contributed by atoms with E-state index in [1.54, 1.807) is 17.8 Å². The summed E-state index contributed by atoms with van der Waals surface area (Å²) in [6, 6.07) is 7.44. The molecular formula is C11H15NOS. The van der Waals surface area contributed by atoms with Gasteiger partial charge in [-0.2, -0.15) is 0 Å². The molecule has 14 heavy (non-hydrogen) atoms. The smallest absolute Gasteiger partial charge is 0.129 e. The van der Waals surface area contributed by atoms with Gasteiger partial charge in [-0.3, -0.25) is 0 Å². The largest absolute Gasteiger partial charge is 0.507 e. The van der Waals surface area contributed by atoms with Crippen molar-refractivity contribution in [3.8, 4) is 5.75 Å². The Morgan fingerprint density at radius 1 is 1.36 bits per heavy atom. The number of para-hydroxylation sites is 1. The zero-order valence-electron chi connectivity index (χ0n) is 8.07. The highest BCUT2D eigenvalue weighted by Crippen LogP contribution is 2.38. The number of aromatic hydroxyl groups is 1. The Hall–Kier alpha value is -0.670. The molecule has 0 aliphatic heterocycles. The highest BCUT2D eigenvalue weighted by atomic mass is 32.2. The van der Waals surface area contributed by atoms with E-state index in [-0.39, 0.29) is 5.54 Å². The molecule has 2 rings (SSSR count). The number of benzene rings is 1. The van der Waals surface area contributed by atoms with Gasteiger partial charge in [0.1, 0.15) is 5.75 Å². The Morgan fingerprint density at radius 2 is 2.07 bits per heavy atom. The summed E-state index contributed by atoms with van der Waals surface area (Å²) in [6.07, 6.45) is 3.37. The molecule has 1 saturated carbocycles. The summed E-state index contributed by atoms with van der Waals surface area (Å²) in [7, 11) is 0. The third-order valence-electron chi connectivity index (χ3n) is 2.62. The maximum absolute atomic E-state index is 9.50. The summed E-state index contributed by atoms with van der Waals surface area (Å²) in [4.78, 5) is 0.955. The van der Waals surface area contributed by atoms with E-state index in [2.05, 4.69) is 0 Å². The van der Waals surface area contributed by atoms with Crippen LogP contribution in [0.1, 0.15) is 19.3 Å². The van der Waals surface area contributed by atoms with Crippen LogP contribution in [0.25, 0.3) is 0 Å². The Balaban J connectivity index is 1.83. The lowest BCUT2D eigenvalue weighted by molar-refractivity contribution is 0.462. The first kappa shape index (κ1) is 9.87. The van der Waals surface area contributed by atoms with Crippen molar-refractivity contribution < 1.29 is 5.11 Å². The predicted octanol–water partition coefficient (Wildman–Crippen LogP) is 2.37. The number of hydrogen-bond acceptors (Lipinski definition) is 3. The fraction of sp³-hybridized carbons (Fsp3) is 0.455. The molecule has 0 unspecified atom stereocenters. The molecule has 1 aromatic carbocycles. The molecule has 0 spiro atoms.